The van der Waals surface area contributed by atoms with E-state index in [9.17, 15) is 14.9 Å². The van der Waals surface area contributed by atoms with Crippen molar-refractivity contribution >= 4 is 34.3 Å². The molecule has 0 spiro atoms. The quantitative estimate of drug-likeness (QED) is 0.315. The number of carbonyl (C=O) groups excluding carboxylic acids is 2. The standard InChI is InChI=1S/C25H28N2O4S/c1-4-13-31-19-11-9-17(10-12-19)14-18(15-26)23(28)27-24-22(25(29)30-5-2)21-16(3)7-6-8-20(21)32-24/h9-12,14,16H,4-8,13H2,1-3H3,(H,27,28)/b18-14+. The molecule has 0 saturated carbocycles. The van der Waals surface area contributed by atoms with Crippen LogP contribution in [0.1, 0.15) is 72.3 Å². The molecule has 1 amide bonds. The number of aryl methyl sites for hydroxylation is 1. The van der Waals surface area contributed by atoms with Crippen LogP contribution in [-0.2, 0) is 16.0 Å². The number of ether oxygens (including phenoxy) is 2. The van der Waals surface area contributed by atoms with E-state index in [1.807, 2.05) is 25.1 Å². The molecule has 1 aliphatic rings. The molecule has 1 atom stereocenters. The number of nitrogens with zero attached hydrogens (tertiary/aromatic N) is 1. The van der Waals surface area contributed by atoms with Crippen molar-refractivity contribution in [3.63, 3.8) is 0 Å². The molecule has 2 aromatic rings. The topological polar surface area (TPSA) is 88.4 Å². The minimum absolute atomic E-state index is 0.0403. The number of hydrogen-bond donors (Lipinski definition) is 1. The molecule has 1 aromatic carbocycles. The van der Waals surface area contributed by atoms with Gasteiger partial charge < -0.3 is 14.8 Å². The molecule has 1 heterocycles. The molecule has 0 saturated heterocycles. The van der Waals surface area contributed by atoms with Gasteiger partial charge in [0.1, 0.15) is 22.4 Å². The number of thiophene rings is 1. The van der Waals surface area contributed by atoms with Gasteiger partial charge in [-0.2, -0.15) is 5.26 Å². The minimum atomic E-state index is -0.546. The van der Waals surface area contributed by atoms with Crippen molar-refractivity contribution in [2.45, 2.75) is 52.4 Å². The maximum absolute atomic E-state index is 12.9. The Hall–Kier alpha value is -3.11. The van der Waals surface area contributed by atoms with Crippen molar-refractivity contribution in [1.29, 1.82) is 5.26 Å². The summed E-state index contributed by atoms with van der Waals surface area (Å²) in [5.41, 5.74) is 2.08. The second-order valence-corrected chi connectivity index (χ2v) is 8.80. The van der Waals surface area contributed by atoms with Crippen molar-refractivity contribution in [2.75, 3.05) is 18.5 Å². The second kappa shape index (κ2) is 11.0. The summed E-state index contributed by atoms with van der Waals surface area (Å²) in [4.78, 5) is 26.7. The summed E-state index contributed by atoms with van der Waals surface area (Å²) >= 11 is 1.41. The maximum Gasteiger partial charge on any atom is 0.341 e. The van der Waals surface area contributed by atoms with Gasteiger partial charge in [-0.1, -0.05) is 26.0 Å². The first-order valence-corrected chi connectivity index (χ1v) is 11.8. The number of anilines is 1. The number of fused-ring (bicyclic) bond motifs is 1. The summed E-state index contributed by atoms with van der Waals surface area (Å²) < 4.78 is 10.8. The zero-order valence-electron chi connectivity index (χ0n) is 18.7. The third-order valence-electron chi connectivity index (χ3n) is 5.29. The van der Waals surface area contributed by atoms with Crippen LogP contribution < -0.4 is 10.1 Å². The number of rotatable bonds is 8. The van der Waals surface area contributed by atoms with Crippen LogP contribution in [0, 0.1) is 11.3 Å². The summed E-state index contributed by atoms with van der Waals surface area (Å²) in [6, 6.07) is 9.18. The number of esters is 1. The van der Waals surface area contributed by atoms with Gasteiger partial charge in [0, 0.05) is 4.88 Å². The highest BCUT2D eigenvalue weighted by molar-refractivity contribution is 7.17. The van der Waals surface area contributed by atoms with Crippen molar-refractivity contribution < 1.29 is 19.1 Å². The maximum atomic E-state index is 12.9. The lowest BCUT2D eigenvalue weighted by Gasteiger charge is -2.19. The number of benzene rings is 1. The highest BCUT2D eigenvalue weighted by atomic mass is 32.1. The minimum Gasteiger partial charge on any atom is -0.494 e. The molecule has 168 valence electrons. The van der Waals surface area contributed by atoms with Crippen LogP contribution in [-0.4, -0.2) is 25.1 Å². The Labute approximate surface area is 192 Å². The fraction of sp³-hybridized carbons (Fsp3) is 0.400. The van der Waals surface area contributed by atoms with Gasteiger partial charge in [0.25, 0.3) is 5.91 Å². The summed E-state index contributed by atoms with van der Waals surface area (Å²) in [6.45, 7) is 6.77. The first-order chi connectivity index (χ1) is 15.5. The molecule has 1 unspecified atom stereocenters. The molecule has 0 bridgehead atoms. The summed E-state index contributed by atoms with van der Waals surface area (Å²) in [5.74, 6) is -0.0152. The normalized spacial score (nSPS) is 15.4. The van der Waals surface area contributed by atoms with Gasteiger partial charge in [0.2, 0.25) is 0 Å². The van der Waals surface area contributed by atoms with Gasteiger partial charge in [0.15, 0.2) is 0 Å². The first-order valence-electron chi connectivity index (χ1n) is 11.0. The van der Waals surface area contributed by atoms with Gasteiger partial charge in [0.05, 0.1) is 18.8 Å². The Morgan fingerprint density at radius 3 is 2.69 bits per heavy atom. The van der Waals surface area contributed by atoms with Gasteiger partial charge in [-0.15, -0.1) is 11.3 Å². The lowest BCUT2D eigenvalue weighted by Crippen LogP contribution is -2.17. The van der Waals surface area contributed by atoms with E-state index in [4.69, 9.17) is 9.47 Å². The zero-order valence-corrected chi connectivity index (χ0v) is 19.5. The Morgan fingerprint density at radius 1 is 1.28 bits per heavy atom. The molecule has 7 heteroatoms. The molecule has 1 aliphatic carbocycles. The molecule has 1 N–H and O–H groups in total. The van der Waals surface area contributed by atoms with Crippen molar-refractivity contribution in [1.82, 2.24) is 0 Å². The van der Waals surface area contributed by atoms with Crippen molar-refractivity contribution in [2.24, 2.45) is 0 Å². The Morgan fingerprint density at radius 2 is 2.03 bits per heavy atom. The molecule has 6 nitrogen and oxygen atoms in total. The van der Waals surface area contributed by atoms with E-state index in [1.54, 1.807) is 19.1 Å². The van der Waals surface area contributed by atoms with E-state index in [0.717, 1.165) is 41.9 Å². The molecular formula is C25H28N2O4S. The third kappa shape index (κ3) is 5.38. The van der Waals surface area contributed by atoms with Crippen LogP contribution in [0.5, 0.6) is 5.75 Å². The van der Waals surface area contributed by atoms with Gasteiger partial charge in [-0.25, -0.2) is 4.79 Å². The van der Waals surface area contributed by atoms with Crippen molar-refractivity contribution in [3.05, 3.63) is 51.4 Å². The lowest BCUT2D eigenvalue weighted by atomic mass is 9.86. The number of amides is 1. The summed E-state index contributed by atoms with van der Waals surface area (Å²) in [5, 5.41) is 12.8. The number of nitriles is 1. The predicted octanol–water partition coefficient (Wildman–Crippen LogP) is 5.70. The smallest absolute Gasteiger partial charge is 0.341 e. The van der Waals surface area contributed by atoms with E-state index in [2.05, 4.69) is 12.2 Å². The van der Waals surface area contributed by atoms with Crippen LogP contribution in [0.3, 0.4) is 0 Å². The Kier molecular flexibility index (Phi) is 8.07. The van der Waals surface area contributed by atoms with Gasteiger partial charge in [-0.3, -0.25) is 4.79 Å². The van der Waals surface area contributed by atoms with Crippen molar-refractivity contribution in [3.8, 4) is 11.8 Å². The van der Waals surface area contributed by atoms with Crippen LogP contribution >= 0.6 is 11.3 Å². The average Bonchev–Trinajstić information content (AvgIpc) is 3.16. The first kappa shape index (κ1) is 23.6. The van der Waals surface area contributed by atoms with E-state index in [1.165, 1.54) is 17.4 Å². The molecule has 1 aromatic heterocycles. The highest BCUT2D eigenvalue weighted by Gasteiger charge is 2.31. The largest absolute Gasteiger partial charge is 0.494 e. The van der Waals surface area contributed by atoms with E-state index >= 15 is 0 Å². The Bertz CT molecular complexity index is 1050. The van der Waals surface area contributed by atoms with Gasteiger partial charge in [-0.05, 0) is 67.9 Å². The number of carbonyl (C=O) groups is 2. The van der Waals surface area contributed by atoms with E-state index in [0.29, 0.717) is 22.7 Å². The summed E-state index contributed by atoms with van der Waals surface area (Å²) in [6.07, 6.45) is 5.36. The summed E-state index contributed by atoms with van der Waals surface area (Å²) in [7, 11) is 0. The van der Waals surface area contributed by atoms with E-state index in [-0.39, 0.29) is 18.1 Å². The monoisotopic (exact) mass is 452 g/mol. The highest BCUT2D eigenvalue weighted by Crippen LogP contribution is 2.43. The third-order valence-corrected chi connectivity index (χ3v) is 6.47. The van der Waals surface area contributed by atoms with Gasteiger partial charge >= 0.3 is 5.97 Å². The molecule has 3 rings (SSSR count). The van der Waals surface area contributed by atoms with E-state index < -0.39 is 11.9 Å². The second-order valence-electron chi connectivity index (χ2n) is 7.70. The number of nitrogens with one attached hydrogen (secondary N) is 1. The Balaban J connectivity index is 1.86. The predicted molar refractivity (Wildman–Crippen MR) is 126 cm³/mol. The van der Waals surface area contributed by atoms with Crippen LogP contribution in [0.4, 0.5) is 5.00 Å². The molecule has 0 aliphatic heterocycles. The zero-order chi connectivity index (χ0) is 23.1. The van der Waals surface area contributed by atoms with Crippen LogP contribution in [0.2, 0.25) is 0 Å². The molecule has 0 radical (unpaired) electrons. The SMILES string of the molecule is CCCOc1ccc(/C=C(\C#N)C(=O)Nc2sc3c(c2C(=O)OCC)C(C)CCC3)cc1. The average molecular weight is 453 g/mol. The lowest BCUT2D eigenvalue weighted by molar-refractivity contribution is -0.112. The molecule has 32 heavy (non-hydrogen) atoms. The molecule has 0 fully saturated rings. The van der Waals surface area contributed by atoms with Crippen LogP contribution in [0.25, 0.3) is 6.08 Å². The fourth-order valence-corrected chi connectivity index (χ4v) is 5.12. The molecular weight excluding hydrogens is 424 g/mol. The number of hydrogen-bond acceptors (Lipinski definition) is 6. The van der Waals surface area contributed by atoms with Crippen LogP contribution in [0.15, 0.2) is 29.8 Å². The fourth-order valence-electron chi connectivity index (χ4n) is 3.77.